The smallest absolute Gasteiger partial charge is 0.473 e. The number of nitrogens with zero attached hydrogens (tertiary/aromatic N) is 5. The monoisotopic (exact) mass is 487 g/mol. The summed E-state index contributed by atoms with van der Waals surface area (Å²) in [6.07, 6.45) is 7.45. The van der Waals surface area contributed by atoms with E-state index in [0.29, 0.717) is 35.9 Å². The lowest BCUT2D eigenvalue weighted by atomic mass is 10.1. The van der Waals surface area contributed by atoms with Crippen LogP contribution in [0.2, 0.25) is 0 Å². The maximum Gasteiger partial charge on any atom is 0.475 e. The lowest BCUT2D eigenvalue weighted by Gasteiger charge is -2.09. The second-order valence-electron chi connectivity index (χ2n) is 7.36. The zero-order valence-corrected chi connectivity index (χ0v) is 19.5. The van der Waals surface area contributed by atoms with Crippen LogP contribution >= 0.6 is 7.82 Å². The number of anilines is 1. The molecule has 0 aliphatic carbocycles. The zero-order chi connectivity index (χ0) is 24.1. The highest BCUT2D eigenvalue weighted by molar-refractivity contribution is 7.47. The third-order valence-electron chi connectivity index (χ3n) is 4.86. The molecule has 4 aromatic rings. The third-order valence-corrected chi connectivity index (χ3v) is 5.76. The summed E-state index contributed by atoms with van der Waals surface area (Å²) < 4.78 is 35.1. The number of rotatable bonds is 10. The first kappa shape index (κ1) is 23.6. The number of phosphoric acid groups is 1. The van der Waals surface area contributed by atoms with Gasteiger partial charge in [0.1, 0.15) is 12.2 Å². The van der Waals surface area contributed by atoms with E-state index in [4.69, 9.17) is 19.5 Å². The summed E-state index contributed by atoms with van der Waals surface area (Å²) in [5.41, 5.74) is 9.33. The van der Waals surface area contributed by atoms with E-state index in [0.717, 1.165) is 18.2 Å². The van der Waals surface area contributed by atoms with Crippen LogP contribution in [0.3, 0.4) is 0 Å². The van der Waals surface area contributed by atoms with Crippen molar-refractivity contribution in [3.63, 3.8) is 0 Å². The molecule has 0 aromatic carbocycles. The molecule has 0 bridgehead atoms. The van der Waals surface area contributed by atoms with Gasteiger partial charge in [0.2, 0.25) is 12.6 Å². The van der Waals surface area contributed by atoms with Crippen molar-refractivity contribution in [2.24, 2.45) is 7.05 Å². The Balaban J connectivity index is 1.39. The molecular formula is C21H24N6O6P+. The minimum absolute atomic E-state index is 0.275. The standard InChI is InChI=1S/C21H23N6O6P/c1-26-12-16(11-24-26)13-31-20-6-5-15(10-23-20)8-17-9-19(33-25-17)18-4-3-7-27(21(18)22)14-32-34(28,29)30-2/h3-7,9-12,22H,8,13-14H2,1-2H3,(H,28,29)/p+1. The van der Waals surface area contributed by atoms with Crippen molar-refractivity contribution in [1.29, 1.82) is 0 Å². The molecule has 0 saturated heterocycles. The van der Waals surface area contributed by atoms with Crippen LogP contribution in [-0.4, -0.2) is 31.9 Å². The summed E-state index contributed by atoms with van der Waals surface area (Å²) >= 11 is 0. The molecule has 0 aliphatic heterocycles. The average molecular weight is 487 g/mol. The van der Waals surface area contributed by atoms with Crippen molar-refractivity contribution in [2.45, 2.75) is 19.8 Å². The number of aryl methyl sites for hydroxylation is 1. The lowest BCUT2D eigenvalue weighted by molar-refractivity contribution is -0.711. The van der Waals surface area contributed by atoms with E-state index in [-0.39, 0.29) is 12.5 Å². The minimum Gasteiger partial charge on any atom is -0.473 e. The van der Waals surface area contributed by atoms with E-state index >= 15 is 0 Å². The number of aromatic nitrogens is 5. The lowest BCUT2D eigenvalue weighted by Crippen LogP contribution is -2.38. The first-order chi connectivity index (χ1) is 16.3. The number of phosphoric ester groups is 1. The molecule has 3 N–H and O–H groups in total. The second-order valence-corrected chi connectivity index (χ2v) is 8.92. The number of ether oxygens (including phenoxy) is 1. The van der Waals surface area contributed by atoms with Crippen LogP contribution in [0.4, 0.5) is 5.82 Å². The van der Waals surface area contributed by atoms with E-state index < -0.39 is 7.82 Å². The van der Waals surface area contributed by atoms with Crippen LogP contribution < -0.4 is 15.0 Å². The van der Waals surface area contributed by atoms with Crippen LogP contribution in [-0.2, 0) is 40.4 Å². The molecule has 34 heavy (non-hydrogen) atoms. The Kier molecular flexibility index (Phi) is 7.03. The molecule has 4 rings (SSSR count). The molecule has 0 saturated carbocycles. The molecule has 0 amide bonds. The van der Waals surface area contributed by atoms with Gasteiger partial charge in [-0.25, -0.2) is 18.6 Å². The van der Waals surface area contributed by atoms with E-state index in [1.54, 1.807) is 47.5 Å². The molecule has 4 aromatic heterocycles. The number of hydrogen-bond donors (Lipinski definition) is 2. The fourth-order valence-corrected chi connectivity index (χ4v) is 3.48. The van der Waals surface area contributed by atoms with Gasteiger partial charge in [-0.2, -0.15) is 5.10 Å². The van der Waals surface area contributed by atoms with Crippen molar-refractivity contribution in [1.82, 2.24) is 19.9 Å². The average Bonchev–Trinajstić information content (AvgIpc) is 3.47. The van der Waals surface area contributed by atoms with Gasteiger partial charge in [-0.05, 0) is 17.7 Å². The van der Waals surface area contributed by atoms with E-state index in [1.165, 1.54) is 4.57 Å². The van der Waals surface area contributed by atoms with Crippen molar-refractivity contribution in [3.8, 4) is 17.2 Å². The molecule has 13 heteroatoms. The molecular weight excluding hydrogens is 463 g/mol. The summed E-state index contributed by atoms with van der Waals surface area (Å²) in [7, 11) is -1.20. The van der Waals surface area contributed by atoms with Gasteiger partial charge in [-0.1, -0.05) is 11.2 Å². The van der Waals surface area contributed by atoms with E-state index in [1.807, 2.05) is 19.3 Å². The number of nitrogen functional groups attached to an aromatic ring is 1. The van der Waals surface area contributed by atoms with Crippen molar-refractivity contribution in [3.05, 3.63) is 71.9 Å². The van der Waals surface area contributed by atoms with Gasteiger partial charge in [0.05, 0.1) is 18.1 Å². The maximum atomic E-state index is 11.5. The summed E-state index contributed by atoms with van der Waals surface area (Å²) in [5.74, 6) is 1.24. The highest BCUT2D eigenvalue weighted by atomic mass is 31.2. The largest absolute Gasteiger partial charge is 0.475 e. The fraction of sp³-hybridized carbons (Fsp3) is 0.238. The Labute approximate surface area is 195 Å². The molecule has 0 fully saturated rings. The number of nitrogens with two attached hydrogens (primary N) is 1. The van der Waals surface area contributed by atoms with E-state index in [9.17, 15) is 9.46 Å². The normalized spacial score (nSPS) is 13.0. The minimum atomic E-state index is -4.13. The van der Waals surface area contributed by atoms with Gasteiger partial charge in [0.25, 0.3) is 5.82 Å². The van der Waals surface area contributed by atoms with Gasteiger partial charge in [-0.3, -0.25) is 14.9 Å². The topological polar surface area (TPSA) is 152 Å². The molecule has 0 radical (unpaired) electrons. The summed E-state index contributed by atoms with van der Waals surface area (Å²) in [6, 6.07) is 8.94. The van der Waals surface area contributed by atoms with Crippen molar-refractivity contribution < 1.29 is 32.3 Å². The molecule has 12 nitrogen and oxygen atoms in total. The highest BCUT2D eigenvalue weighted by Crippen LogP contribution is 2.41. The Morgan fingerprint density at radius 3 is 2.82 bits per heavy atom. The Hall–Kier alpha value is -3.57. The molecule has 178 valence electrons. The maximum absolute atomic E-state index is 11.5. The highest BCUT2D eigenvalue weighted by Gasteiger charge is 2.22. The van der Waals surface area contributed by atoms with Crippen LogP contribution in [0.5, 0.6) is 5.88 Å². The van der Waals surface area contributed by atoms with Gasteiger partial charge in [0, 0.05) is 50.7 Å². The summed E-state index contributed by atoms with van der Waals surface area (Å²) in [6.45, 7) is 0.112. The van der Waals surface area contributed by atoms with Crippen LogP contribution in [0.25, 0.3) is 11.3 Å². The Morgan fingerprint density at radius 1 is 1.26 bits per heavy atom. The molecule has 0 aliphatic rings. The van der Waals surface area contributed by atoms with Crippen molar-refractivity contribution in [2.75, 3.05) is 12.8 Å². The Morgan fingerprint density at radius 2 is 2.12 bits per heavy atom. The predicted octanol–water partition coefficient (Wildman–Crippen LogP) is 2.23. The van der Waals surface area contributed by atoms with Crippen LogP contribution in [0.15, 0.2) is 59.6 Å². The van der Waals surface area contributed by atoms with Crippen LogP contribution in [0, 0.1) is 0 Å². The first-order valence-electron chi connectivity index (χ1n) is 10.1. The second kappa shape index (κ2) is 10.1. The fourth-order valence-electron chi connectivity index (χ4n) is 3.11. The summed E-state index contributed by atoms with van der Waals surface area (Å²) in [5, 5.41) is 8.22. The predicted molar refractivity (Wildman–Crippen MR) is 119 cm³/mol. The summed E-state index contributed by atoms with van der Waals surface area (Å²) in [4.78, 5) is 13.8. The molecule has 1 unspecified atom stereocenters. The van der Waals surface area contributed by atoms with Crippen molar-refractivity contribution >= 4 is 13.6 Å². The zero-order valence-electron chi connectivity index (χ0n) is 18.6. The molecule has 4 heterocycles. The molecule has 0 spiro atoms. The third kappa shape index (κ3) is 5.86. The SMILES string of the molecule is COP(=O)(O)OC[n+]1cccc(-c2cc(Cc3ccc(OCc4cnn(C)c4)nc3)no2)c1N. The van der Waals surface area contributed by atoms with Gasteiger partial charge >= 0.3 is 7.82 Å². The first-order valence-corrected chi connectivity index (χ1v) is 11.6. The van der Waals surface area contributed by atoms with Gasteiger partial charge in [0.15, 0.2) is 5.76 Å². The van der Waals surface area contributed by atoms with E-state index in [2.05, 4.69) is 19.8 Å². The van der Waals surface area contributed by atoms with Gasteiger partial charge in [-0.15, -0.1) is 0 Å². The molecule has 1 atom stereocenters. The van der Waals surface area contributed by atoms with Gasteiger partial charge < -0.3 is 14.2 Å². The van der Waals surface area contributed by atoms with Crippen LogP contribution in [0.1, 0.15) is 16.8 Å². The number of hydrogen-bond acceptors (Lipinski definition) is 9. The Bertz CT molecular complexity index is 1310. The number of pyridine rings is 2. The quantitative estimate of drug-likeness (QED) is 0.252.